The molecule has 0 amide bonds. The number of halogens is 2. The molecule has 5 heteroatoms. The molecule has 18 heavy (non-hydrogen) atoms. The molecule has 2 unspecified atom stereocenters. The number of rotatable bonds is 6. The van der Waals surface area contributed by atoms with Crippen LogP contribution in [0.1, 0.15) is 17.3 Å². The molecule has 1 aromatic rings. The molecule has 0 heterocycles. The first-order valence-electron chi connectivity index (χ1n) is 5.56. The fraction of sp³-hybridized carbons (Fsp3) is 0.385. The number of carbonyl (C=O) groups excluding carboxylic acids is 2. The lowest BCUT2D eigenvalue weighted by molar-refractivity contribution is -0.150. The maximum absolute atomic E-state index is 11.9. The Kier molecular flexibility index (Phi) is 6.57. The summed E-state index contributed by atoms with van der Waals surface area (Å²) in [6.07, 6.45) is 0. The number of benzene rings is 1. The fourth-order valence-corrected chi connectivity index (χ4v) is 2.72. The third-order valence-corrected chi connectivity index (χ3v) is 4.04. The number of hydrogen-bond acceptors (Lipinski definition) is 3. The minimum absolute atomic E-state index is 0.130. The summed E-state index contributed by atoms with van der Waals surface area (Å²) in [5.41, 5.74) is 0.879. The first-order chi connectivity index (χ1) is 8.61. The minimum atomic E-state index is -0.827. The normalized spacial score (nSPS) is 13.7. The van der Waals surface area contributed by atoms with Crippen LogP contribution in [-0.2, 0) is 14.3 Å². The lowest BCUT2D eigenvalue weighted by Crippen LogP contribution is -2.30. The molecule has 3 nitrogen and oxygen atoms in total. The van der Waals surface area contributed by atoms with E-state index in [1.165, 1.54) is 0 Å². The number of Topliss-reactive ketones (excluding diaryl/α,β-unsaturated/α-hetero) is 1. The Labute approximate surface area is 123 Å². The summed E-state index contributed by atoms with van der Waals surface area (Å²) in [6, 6.07) is 9.35. The summed E-state index contributed by atoms with van der Waals surface area (Å²) < 4.78 is 4.96. The quantitative estimate of drug-likeness (QED) is 0.434. The van der Waals surface area contributed by atoms with Crippen molar-refractivity contribution in [3.63, 3.8) is 0 Å². The Hall–Kier alpha value is -0.680. The van der Waals surface area contributed by atoms with E-state index in [1.807, 2.05) is 30.3 Å². The third kappa shape index (κ3) is 3.92. The number of alkyl halides is 2. The van der Waals surface area contributed by atoms with Crippen LogP contribution in [0.15, 0.2) is 30.3 Å². The molecule has 1 rings (SSSR count). The molecular formula is C13H14Br2O3. The highest BCUT2D eigenvalue weighted by Gasteiger charge is 2.34. The van der Waals surface area contributed by atoms with Gasteiger partial charge in [-0.15, -0.1) is 0 Å². The van der Waals surface area contributed by atoms with Gasteiger partial charge in [-0.05, 0) is 12.5 Å². The molecule has 1 aromatic carbocycles. The van der Waals surface area contributed by atoms with Gasteiger partial charge in [-0.25, -0.2) is 0 Å². The van der Waals surface area contributed by atoms with Crippen molar-refractivity contribution in [2.45, 2.75) is 11.8 Å². The first kappa shape index (κ1) is 15.4. The second-order valence-electron chi connectivity index (χ2n) is 3.64. The molecule has 0 saturated carbocycles. The summed E-state index contributed by atoms with van der Waals surface area (Å²) in [5, 5.41) is 0.130. The summed E-state index contributed by atoms with van der Waals surface area (Å²) >= 11 is 6.52. The van der Waals surface area contributed by atoms with E-state index in [-0.39, 0.29) is 22.5 Å². The molecule has 0 saturated heterocycles. The lowest BCUT2D eigenvalue weighted by Gasteiger charge is -2.19. The summed E-state index contributed by atoms with van der Waals surface area (Å²) in [4.78, 5) is 23.4. The van der Waals surface area contributed by atoms with Gasteiger partial charge < -0.3 is 4.74 Å². The number of carbonyl (C=O) groups is 2. The van der Waals surface area contributed by atoms with Gasteiger partial charge in [0.05, 0.1) is 16.8 Å². The number of hydrogen-bond donors (Lipinski definition) is 0. The highest BCUT2D eigenvalue weighted by molar-refractivity contribution is 9.09. The molecule has 98 valence electrons. The highest BCUT2D eigenvalue weighted by atomic mass is 79.9. The van der Waals surface area contributed by atoms with E-state index in [0.717, 1.165) is 5.56 Å². The first-order valence-corrected chi connectivity index (χ1v) is 7.59. The van der Waals surface area contributed by atoms with Gasteiger partial charge in [0.25, 0.3) is 0 Å². The average molecular weight is 378 g/mol. The molecule has 0 fully saturated rings. The topological polar surface area (TPSA) is 43.4 Å². The Morgan fingerprint density at radius 3 is 2.39 bits per heavy atom. The summed E-state index contributed by atoms with van der Waals surface area (Å²) in [6.45, 7) is 1.98. The van der Waals surface area contributed by atoms with E-state index < -0.39 is 11.9 Å². The summed E-state index contributed by atoms with van der Waals surface area (Å²) in [7, 11) is 0. The molecule has 0 spiro atoms. The zero-order valence-corrected chi connectivity index (χ0v) is 13.1. The predicted octanol–water partition coefficient (Wildman–Crippen LogP) is 3.27. The van der Waals surface area contributed by atoms with E-state index in [0.29, 0.717) is 0 Å². The lowest BCUT2D eigenvalue weighted by atomic mass is 9.96. The molecule has 0 radical (unpaired) electrons. The van der Waals surface area contributed by atoms with E-state index in [2.05, 4.69) is 31.9 Å². The van der Waals surface area contributed by atoms with Crippen molar-refractivity contribution in [1.29, 1.82) is 0 Å². The van der Waals surface area contributed by atoms with Crippen LogP contribution in [0.4, 0.5) is 0 Å². The van der Waals surface area contributed by atoms with Crippen molar-refractivity contribution in [2.24, 2.45) is 5.92 Å². The third-order valence-electron chi connectivity index (χ3n) is 2.43. The minimum Gasteiger partial charge on any atom is -0.465 e. The smallest absolute Gasteiger partial charge is 0.318 e. The number of ketones is 1. The van der Waals surface area contributed by atoms with Crippen LogP contribution in [-0.4, -0.2) is 23.7 Å². The number of ether oxygens (including phenoxy) is 1. The van der Waals surface area contributed by atoms with Crippen LogP contribution in [0.25, 0.3) is 0 Å². The zero-order chi connectivity index (χ0) is 13.5. The van der Waals surface area contributed by atoms with Gasteiger partial charge in [-0.1, -0.05) is 62.2 Å². The Morgan fingerprint density at radius 2 is 1.89 bits per heavy atom. The molecule has 0 N–H and O–H groups in total. The van der Waals surface area contributed by atoms with Crippen LogP contribution in [0, 0.1) is 5.92 Å². The predicted molar refractivity (Wildman–Crippen MR) is 77.0 cm³/mol. The summed E-state index contributed by atoms with van der Waals surface area (Å²) in [5.74, 6) is -1.52. The van der Waals surface area contributed by atoms with Crippen molar-refractivity contribution in [1.82, 2.24) is 0 Å². The molecule has 2 atom stereocenters. The van der Waals surface area contributed by atoms with Gasteiger partial charge in [-0.2, -0.15) is 0 Å². The SMILES string of the molecule is CCOC(=O)C(C(=O)CBr)C(Br)c1ccccc1. The standard InChI is InChI=1S/C13H14Br2O3/c1-2-18-13(17)11(10(16)8-14)12(15)9-6-4-3-5-7-9/h3-7,11-12H,2,8H2,1H3. The van der Waals surface area contributed by atoms with Gasteiger partial charge in [0.15, 0.2) is 5.78 Å². The van der Waals surface area contributed by atoms with E-state index in [4.69, 9.17) is 4.74 Å². The molecule has 0 aliphatic carbocycles. The van der Waals surface area contributed by atoms with Crippen molar-refractivity contribution in [3.8, 4) is 0 Å². The molecule has 0 aliphatic heterocycles. The fourth-order valence-electron chi connectivity index (χ4n) is 1.56. The van der Waals surface area contributed by atoms with E-state index in [9.17, 15) is 9.59 Å². The van der Waals surface area contributed by atoms with E-state index in [1.54, 1.807) is 6.92 Å². The van der Waals surface area contributed by atoms with Crippen molar-refractivity contribution >= 4 is 43.6 Å². The van der Waals surface area contributed by atoms with Crippen molar-refractivity contribution < 1.29 is 14.3 Å². The second-order valence-corrected chi connectivity index (χ2v) is 5.19. The monoisotopic (exact) mass is 376 g/mol. The van der Waals surface area contributed by atoms with Crippen molar-refractivity contribution in [2.75, 3.05) is 11.9 Å². The maximum atomic E-state index is 11.9. The number of esters is 1. The van der Waals surface area contributed by atoms with Gasteiger partial charge in [0.1, 0.15) is 5.92 Å². The zero-order valence-electron chi connectivity index (χ0n) is 9.94. The molecule has 0 bridgehead atoms. The molecule has 0 aromatic heterocycles. The highest BCUT2D eigenvalue weighted by Crippen LogP contribution is 2.32. The second kappa shape index (κ2) is 7.69. The van der Waals surface area contributed by atoms with E-state index >= 15 is 0 Å². The molecular weight excluding hydrogens is 364 g/mol. The van der Waals surface area contributed by atoms with Crippen LogP contribution < -0.4 is 0 Å². The van der Waals surface area contributed by atoms with Gasteiger partial charge >= 0.3 is 5.97 Å². The van der Waals surface area contributed by atoms with Crippen LogP contribution in [0.5, 0.6) is 0 Å². The Morgan fingerprint density at radius 1 is 1.28 bits per heavy atom. The largest absolute Gasteiger partial charge is 0.465 e. The van der Waals surface area contributed by atoms with Gasteiger partial charge in [0, 0.05) is 0 Å². The van der Waals surface area contributed by atoms with Crippen LogP contribution in [0.3, 0.4) is 0 Å². The Bertz CT molecular complexity index is 406. The Balaban J connectivity index is 2.96. The van der Waals surface area contributed by atoms with Crippen molar-refractivity contribution in [3.05, 3.63) is 35.9 Å². The average Bonchev–Trinajstić information content (AvgIpc) is 2.40. The molecule has 0 aliphatic rings. The van der Waals surface area contributed by atoms with Gasteiger partial charge in [0.2, 0.25) is 0 Å². The maximum Gasteiger partial charge on any atom is 0.318 e. The van der Waals surface area contributed by atoms with Crippen LogP contribution in [0.2, 0.25) is 0 Å². The van der Waals surface area contributed by atoms with Gasteiger partial charge in [-0.3, -0.25) is 9.59 Å². The van der Waals surface area contributed by atoms with Crippen LogP contribution >= 0.6 is 31.9 Å².